The van der Waals surface area contributed by atoms with Crippen molar-refractivity contribution in [2.24, 2.45) is 22.2 Å². The van der Waals surface area contributed by atoms with Gasteiger partial charge in [-0.15, -0.1) is 0 Å². The number of halogens is 6. The molecule has 0 aliphatic rings. The third-order valence-corrected chi connectivity index (χ3v) is 1.14. The number of nitrogens with two attached hydrogens (primary N) is 3. The fraction of sp³-hybridized carbons (Fsp3) is 0.625. The summed E-state index contributed by atoms with van der Waals surface area (Å²) in [4.78, 5) is 21.5. The molecule has 8 nitrogen and oxygen atoms in total. The molecule has 0 aliphatic carbocycles. The molecule has 0 aromatic carbocycles. The highest BCUT2D eigenvalue weighted by Gasteiger charge is 2.38. The summed E-state index contributed by atoms with van der Waals surface area (Å²) in [7, 11) is 0. The minimum atomic E-state index is -5.08. The average Bonchev–Trinajstić information content (AvgIpc) is 2.27. The fourth-order valence-electron chi connectivity index (χ4n) is 0.299. The van der Waals surface area contributed by atoms with Gasteiger partial charge in [-0.2, -0.15) is 26.3 Å². The van der Waals surface area contributed by atoms with Crippen molar-refractivity contribution in [3.8, 4) is 0 Å². The highest BCUT2D eigenvalue weighted by Crippen LogP contribution is 2.13. The molecule has 0 saturated carbocycles. The number of rotatable bonds is 3. The fourth-order valence-corrected chi connectivity index (χ4v) is 0.299. The van der Waals surface area contributed by atoms with E-state index < -0.39 is 24.3 Å². The molecule has 132 valence electrons. The van der Waals surface area contributed by atoms with Gasteiger partial charge in [-0.05, 0) is 13.0 Å². The smallest absolute Gasteiger partial charge is 0.475 e. The number of carboxylic acids is 2. The molecule has 0 heterocycles. The summed E-state index contributed by atoms with van der Waals surface area (Å²) in [5, 5.41) is 14.2. The van der Waals surface area contributed by atoms with E-state index in [4.69, 9.17) is 37.0 Å². The maximum absolute atomic E-state index is 10.6. The second kappa shape index (κ2) is 11.4. The van der Waals surface area contributed by atoms with Crippen molar-refractivity contribution >= 4 is 17.9 Å². The van der Waals surface area contributed by atoms with Crippen LogP contribution < -0.4 is 17.2 Å². The molecule has 0 atom stereocenters. The van der Waals surface area contributed by atoms with Crippen LogP contribution >= 0.6 is 0 Å². The van der Waals surface area contributed by atoms with Crippen molar-refractivity contribution < 1.29 is 46.1 Å². The van der Waals surface area contributed by atoms with Crippen molar-refractivity contribution in [1.82, 2.24) is 0 Å². The standard InChI is InChI=1S/C4H12N4.2C2HF3O2/c5-2-1-3-8-4(6)7;2*3-2(4,5)1(6)7/h1-3,5H2,(H4,6,7,8);2*(H,6,7). The van der Waals surface area contributed by atoms with Crippen LogP contribution in [0.25, 0.3) is 0 Å². The Labute approximate surface area is 119 Å². The van der Waals surface area contributed by atoms with E-state index in [1.807, 2.05) is 0 Å². The summed E-state index contributed by atoms with van der Waals surface area (Å²) in [5.74, 6) is -5.38. The number of nitrogens with zero attached hydrogens (tertiary/aromatic N) is 1. The summed E-state index contributed by atoms with van der Waals surface area (Å²) in [6.45, 7) is 1.27. The zero-order chi connectivity index (χ0) is 18.6. The largest absolute Gasteiger partial charge is 0.490 e. The molecular formula is C8H14F6N4O4. The lowest BCUT2D eigenvalue weighted by Gasteiger charge is -1.93. The highest BCUT2D eigenvalue weighted by atomic mass is 19.4. The number of hydrogen-bond donors (Lipinski definition) is 5. The first-order valence-corrected chi connectivity index (χ1v) is 5.01. The molecule has 0 aromatic rings. The van der Waals surface area contributed by atoms with Gasteiger partial charge in [0.05, 0.1) is 0 Å². The first-order valence-electron chi connectivity index (χ1n) is 5.01. The number of carboxylic acid groups (broad SMARTS) is 2. The van der Waals surface area contributed by atoms with Gasteiger partial charge < -0.3 is 27.4 Å². The summed E-state index contributed by atoms with van der Waals surface area (Å²) >= 11 is 0. The van der Waals surface area contributed by atoms with E-state index in [2.05, 4.69) is 4.99 Å². The first-order chi connectivity index (χ1) is 9.66. The average molecular weight is 344 g/mol. The molecular weight excluding hydrogens is 330 g/mol. The molecule has 8 N–H and O–H groups in total. The molecule has 0 amide bonds. The normalized spacial score (nSPS) is 10.3. The molecule has 0 aliphatic heterocycles. The predicted molar refractivity (Wildman–Crippen MR) is 61.7 cm³/mol. The minimum Gasteiger partial charge on any atom is -0.475 e. The minimum absolute atomic E-state index is 0.137. The van der Waals surface area contributed by atoms with Gasteiger partial charge in [-0.1, -0.05) is 0 Å². The molecule has 22 heavy (non-hydrogen) atoms. The summed E-state index contributed by atoms with van der Waals surface area (Å²) in [5.41, 5.74) is 15.2. The van der Waals surface area contributed by atoms with Crippen LogP contribution in [0.2, 0.25) is 0 Å². The monoisotopic (exact) mass is 344 g/mol. The molecule has 0 rings (SSSR count). The van der Waals surface area contributed by atoms with Gasteiger partial charge in [0.25, 0.3) is 0 Å². The zero-order valence-electron chi connectivity index (χ0n) is 10.8. The third-order valence-electron chi connectivity index (χ3n) is 1.14. The van der Waals surface area contributed by atoms with Gasteiger partial charge in [-0.3, -0.25) is 4.99 Å². The molecule has 0 radical (unpaired) electrons. The van der Waals surface area contributed by atoms with Crippen LogP contribution in [0.5, 0.6) is 0 Å². The molecule has 0 aromatic heterocycles. The van der Waals surface area contributed by atoms with Crippen LogP contribution in [0.15, 0.2) is 4.99 Å². The Balaban J connectivity index is -0.000000247. The van der Waals surface area contributed by atoms with Gasteiger partial charge in [0.2, 0.25) is 0 Å². The maximum Gasteiger partial charge on any atom is 0.490 e. The van der Waals surface area contributed by atoms with Crippen LogP contribution in [0, 0.1) is 0 Å². The van der Waals surface area contributed by atoms with Gasteiger partial charge >= 0.3 is 24.3 Å². The van der Waals surface area contributed by atoms with E-state index in [-0.39, 0.29) is 5.96 Å². The van der Waals surface area contributed by atoms with Gasteiger partial charge in [0.15, 0.2) is 5.96 Å². The van der Waals surface area contributed by atoms with Gasteiger partial charge in [0.1, 0.15) is 0 Å². The Kier molecular flexibility index (Phi) is 12.8. The van der Waals surface area contributed by atoms with E-state index in [0.717, 1.165) is 6.42 Å². The molecule has 0 bridgehead atoms. The van der Waals surface area contributed by atoms with Crippen LogP contribution in [-0.2, 0) is 9.59 Å². The van der Waals surface area contributed by atoms with Crippen LogP contribution in [-0.4, -0.2) is 53.6 Å². The Bertz CT molecular complexity index is 341. The van der Waals surface area contributed by atoms with Crippen molar-refractivity contribution in [2.45, 2.75) is 18.8 Å². The number of guanidine groups is 1. The van der Waals surface area contributed by atoms with E-state index in [9.17, 15) is 26.3 Å². The zero-order valence-corrected chi connectivity index (χ0v) is 10.8. The number of alkyl halides is 6. The second-order valence-corrected chi connectivity index (χ2v) is 3.05. The van der Waals surface area contributed by atoms with Crippen molar-refractivity contribution in [3.05, 3.63) is 0 Å². The maximum atomic E-state index is 10.6. The number of aliphatic carboxylic acids is 2. The van der Waals surface area contributed by atoms with Crippen molar-refractivity contribution in [2.75, 3.05) is 13.1 Å². The Hall–Kier alpha value is -2.25. The Morgan fingerprint density at radius 1 is 0.909 bits per heavy atom. The van der Waals surface area contributed by atoms with E-state index in [0.29, 0.717) is 13.1 Å². The quantitative estimate of drug-likeness (QED) is 0.206. The lowest BCUT2D eigenvalue weighted by atomic mass is 10.4. The number of carbonyl (C=O) groups is 2. The molecule has 0 fully saturated rings. The van der Waals surface area contributed by atoms with Gasteiger partial charge in [0, 0.05) is 6.54 Å². The summed E-state index contributed by atoms with van der Waals surface area (Å²) in [6.07, 6.45) is -9.32. The molecule has 0 spiro atoms. The molecule has 14 heteroatoms. The van der Waals surface area contributed by atoms with E-state index in [1.54, 1.807) is 0 Å². The SMILES string of the molecule is NCCCN=C(N)N.O=C(O)C(F)(F)F.O=C(O)C(F)(F)F. The van der Waals surface area contributed by atoms with E-state index in [1.165, 1.54) is 0 Å². The lowest BCUT2D eigenvalue weighted by Crippen LogP contribution is -2.23. The molecule has 0 saturated heterocycles. The second-order valence-electron chi connectivity index (χ2n) is 3.05. The van der Waals surface area contributed by atoms with Gasteiger partial charge in [-0.25, -0.2) is 9.59 Å². The number of aliphatic imine (C=N–C) groups is 1. The Morgan fingerprint density at radius 2 is 1.18 bits per heavy atom. The summed E-state index contributed by atoms with van der Waals surface area (Å²) in [6, 6.07) is 0. The van der Waals surface area contributed by atoms with Crippen LogP contribution in [0.1, 0.15) is 6.42 Å². The topological polar surface area (TPSA) is 165 Å². The predicted octanol–water partition coefficient (Wildman–Crippen LogP) is -0.125. The van der Waals surface area contributed by atoms with Crippen molar-refractivity contribution in [1.29, 1.82) is 0 Å². The highest BCUT2D eigenvalue weighted by molar-refractivity contribution is 5.75. The Morgan fingerprint density at radius 3 is 1.32 bits per heavy atom. The lowest BCUT2D eigenvalue weighted by molar-refractivity contribution is -0.193. The van der Waals surface area contributed by atoms with E-state index >= 15 is 0 Å². The number of hydrogen-bond acceptors (Lipinski definition) is 4. The molecule has 0 unspecified atom stereocenters. The summed E-state index contributed by atoms with van der Waals surface area (Å²) < 4.78 is 63.5. The third kappa shape index (κ3) is 22.9. The van der Waals surface area contributed by atoms with Crippen LogP contribution in [0.4, 0.5) is 26.3 Å². The van der Waals surface area contributed by atoms with Crippen LogP contribution in [0.3, 0.4) is 0 Å². The first kappa shape index (κ1) is 24.7. The van der Waals surface area contributed by atoms with Crippen molar-refractivity contribution in [3.63, 3.8) is 0 Å².